The van der Waals surface area contributed by atoms with Crippen LogP contribution in [-0.2, 0) is 10.8 Å². The van der Waals surface area contributed by atoms with Crippen molar-refractivity contribution in [3.63, 3.8) is 0 Å². The van der Waals surface area contributed by atoms with Gasteiger partial charge in [0.2, 0.25) is 0 Å². The molecule has 0 saturated heterocycles. The van der Waals surface area contributed by atoms with E-state index < -0.39 is 0 Å². The summed E-state index contributed by atoms with van der Waals surface area (Å²) in [6.07, 6.45) is 0. The fourth-order valence-corrected chi connectivity index (χ4v) is 2.33. The molecule has 0 spiro atoms. The molecule has 0 aromatic heterocycles. The molecule has 22 heavy (non-hydrogen) atoms. The second-order valence-corrected chi connectivity index (χ2v) is 7.65. The van der Waals surface area contributed by atoms with Crippen molar-refractivity contribution in [2.24, 2.45) is 0 Å². The van der Waals surface area contributed by atoms with Gasteiger partial charge in [-0.2, -0.15) is 0 Å². The number of hydrogen-bond acceptors (Lipinski definition) is 0. The van der Waals surface area contributed by atoms with Crippen molar-refractivity contribution in [2.75, 3.05) is 0 Å². The standard InChI is InChI=1S/C20H26.C2H6/c1-19(2,3)17-11-7-15(8-12-17)16-9-13-18(14-10-16)20(4,5)6;1-2/h7-14H,1-6H3;1-2H3. The monoisotopic (exact) mass is 296 g/mol. The minimum absolute atomic E-state index is 0.217. The Morgan fingerprint density at radius 2 is 0.682 bits per heavy atom. The molecular formula is C22H32. The molecule has 2 rings (SSSR count). The Labute approximate surface area is 137 Å². The lowest BCUT2D eigenvalue weighted by atomic mass is 9.85. The lowest BCUT2D eigenvalue weighted by Gasteiger charge is -2.20. The number of hydrogen-bond donors (Lipinski definition) is 0. The maximum absolute atomic E-state index is 2.25. The molecule has 0 N–H and O–H groups in total. The van der Waals surface area contributed by atoms with E-state index in [1.165, 1.54) is 22.3 Å². The van der Waals surface area contributed by atoms with Gasteiger partial charge in [0.15, 0.2) is 0 Å². The summed E-state index contributed by atoms with van der Waals surface area (Å²) in [5.74, 6) is 0. The fraction of sp³-hybridized carbons (Fsp3) is 0.455. The molecule has 0 saturated carbocycles. The minimum Gasteiger partial charge on any atom is -0.0683 e. The van der Waals surface area contributed by atoms with Gasteiger partial charge in [-0.15, -0.1) is 0 Å². The molecule has 0 aliphatic heterocycles. The lowest BCUT2D eigenvalue weighted by molar-refractivity contribution is 0.590. The first kappa shape index (κ1) is 18.5. The van der Waals surface area contributed by atoms with Gasteiger partial charge in [0.1, 0.15) is 0 Å². The zero-order valence-electron chi connectivity index (χ0n) is 15.6. The van der Waals surface area contributed by atoms with Gasteiger partial charge in [-0.1, -0.05) is 104 Å². The van der Waals surface area contributed by atoms with Gasteiger partial charge < -0.3 is 0 Å². The Kier molecular flexibility index (Phi) is 6.00. The molecule has 0 atom stereocenters. The normalized spacial score (nSPS) is 11.6. The lowest BCUT2D eigenvalue weighted by Crippen LogP contribution is -2.10. The molecule has 2 aromatic rings. The third-order valence-electron chi connectivity index (χ3n) is 3.84. The highest BCUT2D eigenvalue weighted by atomic mass is 14.2. The average Bonchev–Trinajstić information content (AvgIpc) is 2.48. The Morgan fingerprint density at radius 1 is 0.455 bits per heavy atom. The van der Waals surface area contributed by atoms with Crippen LogP contribution in [0.3, 0.4) is 0 Å². The summed E-state index contributed by atoms with van der Waals surface area (Å²) in [5, 5.41) is 0. The molecule has 120 valence electrons. The van der Waals surface area contributed by atoms with Crippen molar-refractivity contribution in [3.8, 4) is 11.1 Å². The van der Waals surface area contributed by atoms with Crippen LogP contribution in [0.4, 0.5) is 0 Å². The Hall–Kier alpha value is -1.56. The van der Waals surface area contributed by atoms with Crippen LogP contribution in [0.25, 0.3) is 11.1 Å². The van der Waals surface area contributed by atoms with Crippen molar-refractivity contribution in [1.29, 1.82) is 0 Å². The predicted octanol–water partition coefficient (Wildman–Crippen LogP) is 6.97. The maximum atomic E-state index is 2.25. The van der Waals surface area contributed by atoms with Crippen molar-refractivity contribution < 1.29 is 0 Å². The van der Waals surface area contributed by atoms with Gasteiger partial charge in [0, 0.05) is 0 Å². The largest absolute Gasteiger partial charge is 0.0683 e. The van der Waals surface area contributed by atoms with E-state index in [9.17, 15) is 0 Å². The predicted molar refractivity (Wildman–Crippen MR) is 101 cm³/mol. The Bertz CT molecular complexity index is 502. The van der Waals surface area contributed by atoms with Crippen molar-refractivity contribution in [2.45, 2.75) is 66.2 Å². The summed E-state index contributed by atoms with van der Waals surface area (Å²) < 4.78 is 0. The van der Waals surface area contributed by atoms with Crippen LogP contribution in [0.15, 0.2) is 48.5 Å². The third-order valence-corrected chi connectivity index (χ3v) is 3.84. The van der Waals surface area contributed by atoms with E-state index in [-0.39, 0.29) is 10.8 Å². The maximum Gasteiger partial charge on any atom is -0.0132 e. The van der Waals surface area contributed by atoms with Gasteiger partial charge in [0.05, 0.1) is 0 Å². The summed E-state index contributed by atoms with van der Waals surface area (Å²) in [7, 11) is 0. The van der Waals surface area contributed by atoms with Crippen LogP contribution in [-0.4, -0.2) is 0 Å². The molecular weight excluding hydrogens is 264 g/mol. The van der Waals surface area contributed by atoms with Gasteiger partial charge in [0.25, 0.3) is 0 Å². The quantitative estimate of drug-likeness (QED) is 0.532. The summed E-state index contributed by atoms with van der Waals surface area (Å²) in [6.45, 7) is 17.5. The average molecular weight is 296 g/mol. The van der Waals surface area contributed by atoms with E-state index >= 15 is 0 Å². The van der Waals surface area contributed by atoms with Crippen LogP contribution in [0.1, 0.15) is 66.5 Å². The minimum atomic E-state index is 0.217. The Morgan fingerprint density at radius 3 is 0.864 bits per heavy atom. The molecule has 0 bridgehead atoms. The van der Waals surface area contributed by atoms with E-state index in [4.69, 9.17) is 0 Å². The van der Waals surface area contributed by atoms with Crippen LogP contribution < -0.4 is 0 Å². The topological polar surface area (TPSA) is 0 Å². The van der Waals surface area contributed by atoms with E-state index in [2.05, 4.69) is 90.1 Å². The van der Waals surface area contributed by atoms with Crippen LogP contribution in [0.2, 0.25) is 0 Å². The van der Waals surface area contributed by atoms with Gasteiger partial charge >= 0.3 is 0 Å². The summed E-state index contributed by atoms with van der Waals surface area (Å²) in [4.78, 5) is 0. The van der Waals surface area contributed by atoms with E-state index in [1.807, 2.05) is 13.8 Å². The molecule has 0 heterocycles. The second-order valence-electron chi connectivity index (χ2n) is 7.65. The molecule has 2 aromatic carbocycles. The number of benzene rings is 2. The van der Waals surface area contributed by atoms with Gasteiger partial charge in [-0.25, -0.2) is 0 Å². The van der Waals surface area contributed by atoms with Crippen LogP contribution in [0, 0.1) is 0 Å². The highest BCUT2D eigenvalue weighted by Crippen LogP contribution is 2.28. The van der Waals surface area contributed by atoms with Crippen LogP contribution in [0.5, 0.6) is 0 Å². The van der Waals surface area contributed by atoms with Crippen molar-refractivity contribution in [3.05, 3.63) is 59.7 Å². The van der Waals surface area contributed by atoms with Crippen molar-refractivity contribution in [1.82, 2.24) is 0 Å². The molecule has 0 fully saturated rings. The smallest absolute Gasteiger partial charge is 0.0132 e. The summed E-state index contributed by atoms with van der Waals surface area (Å²) in [6, 6.07) is 17.9. The molecule has 0 amide bonds. The first-order valence-corrected chi connectivity index (χ1v) is 8.39. The first-order valence-electron chi connectivity index (χ1n) is 8.39. The SMILES string of the molecule is CC.CC(C)(C)c1ccc(-c2ccc(C(C)(C)C)cc2)cc1. The highest BCUT2D eigenvalue weighted by molar-refractivity contribution is 5.64. The molecule has 0 radical (unpaired) electrons. The first-order chi connectivity index (χ1) is 10.2. The molecule has 0 nitrogen and oxygen atoms in total. The molecule has 0 unspecified atom stereocenters. The van der Waals surface area contributed by atoms with E-state index in [0.29, 0.717) is 0 Å². The fourth-order valence-electron chi connectivity index (χ4n) is 2.33. The Balaban J connectivity index is 0.00000116. The van der Waals surface area contributed by atoms with E-state index in [0.717, 1.165) is 0 Å². The van der Waals surface area contributed by atoms with Crippen molar-refractivity contribution >= 4 is 0 Å². The molecule has 0 aliphatic carbocycles. The summed E-state index contributed by atoms with van der Waals surface area (Å²) >= 11 is 0. The van der Waals surface area contributed by atoms with Gasteiger partial charge in [-0.05, 0) is 33.1 Å². The molecule has 0 heteroatoms. The zero-order chi connectivity index (χ0) is 17.0. The highest BCUT2D eigenvalue weighted by Gasteiger charge is 2.14. The number of rotatable bonds is 1. The molecule has 0 aliphatic rings. The third kappa shape index (κ3) is 4.73. The summed E-state index contributed by atoms with van der Waals surface area (Å²) in [5.41, 5.74) is 5.78. The van der Waals surface area contributed by atoms with Gasteiger partial charge in [-0.3, -0.25) is 0 Å². The second kappa shape index (κ2) is 7.13. The zero-order valence-corrected chi connectivity index (χ0v) is 15.6. The van der Waals surface area contributed by atoms with Crippen LogP contribution >= 0.6 is 0 Å². The van der Waals surface area contributed by atoms with E-state index in [1.54, 1.807) is 0 Å².